The molecule has 122 valence electrons. The predicted octanol–water partition coefficient (Wildman–Crippen LogP) is 2.40. The molecule has 5 heteroatoms. The molecule has 0 unspecified atom stereocenters. The second kappa shape index (κ2) is 9.05. The number of aromatic nitrogens is 1. The maximum absolute atomic E-state index is 9.88. The fourth-order valence-electron chi connectivity index (χ4n) is 2.17. The van der Waals surface area contributed by atoms with Crippen molar-refractivity contribution < 1.29 is 19.7 Å². The molecule has 0 fully saturated rings. The van der Waals surface area contributed by atoms with E-state index in [0.29, 0.717) is 24.4 Å². The van der Waals surface area contributed by atoms with E-state index in [0.717, 1.165) is 11.3 Å². The van der Waals surface area contributed by atoms with Crippen LogP contribution in [0, 0.1) is 0 Å². The van der Waals surface area contributed by atoms with E-state index in [1.807, 2.05) is 24.3 Å². The third kappa shape index (κ3) is 5.49. The molecule has 0 aromatic carbocycles. The molecular formula is C18H21NO4. The van der Waals surface area contributed by atoms with Crippen LogP contribution < -0.4 is 0 Å². The van der Waals surface area contributed by atoms with E-state index in [1.165, 1.54) is 6.08 Å². The Kier molecular flexibility index (Phi) is 6.75. The number of aliphatic hydroxyl groups excluding tert-OH is 3. The zero-order chi connectivity index (χ0) is 16.5. The van der Waals surface area contributed by atoms with Crippen LogP contribution in [0.1, 0.15) is 30.1 Å². The molecule has 0 spiro atoms. The largest absolute Gasteiger partial charge is 0.459 e. The molecule has 2 aromatic heterocycles. The number of nitrogens with zero attached hydrogens (tertiary/aromatic N) is 1. The highest BCUT2D eigenvalue weighted by Gasteiger charge is 2.08. The first-order valence-electron chi connectivity index (χ1n) is 7.50. The van der Waals surface area contributed by atoms with Gasteiger partial charge in [0.05, 0.1) is 18.4 Å². The van der Waals surface area contributed by atoms with Crippen LogP contribution in [0.5, 0.6) is 0 Å². The van der Waals surface area contributed by atoms with Gasteiger partial charge in [0.25, 0.3) is 0 Å². The molecule has 0 aliphatic rings. The van der Waals surface area contributed by atoms with Crippen LogP contribution >= 0.6 is 0 Å². The summed E-state index contributed by atoms with van der Waals surface area (Å²) >= 11 is 0. The van der Waals surface area contributed by atoms with E-state index in [1.54, 1.807) is 24.4 Å². The van der Waals surface area contributed by atoms with E-state index in [9.17, 15) is 5.11 Å². The minimum Gasteiger partial charge on any atom is -0.459 e. The number of pyridine rings is 1. The Bertz CT molecular complexity index is 646. The van der Waals surface area contributed by atoms with Gasteiger partial charge in [0, 0.05) is 6.20 Å². The van der Waals surface area contributed by atoms with E-state index < -0.39 is 6.10 Å². The SMILES string of the molecule is OC/C=C\[C@H](O)CC/C(=C/c1ccc(CO)o1)c1ccccn1. The summed E-state index contributed by atoms with van der Waals surface area (Å²) in [4.78, 5) is 4.34. The Labute approximate surface area is 135 Å². The van der Waals surface area contributed by atoms with Crippen molar-refractivity contribution in [1.29, 1.82) is 0 Å². The summed E-state index contributed by atoms with van der Waals surface area (Å²) < 4.78 is 5.49. The van der Waals surface area contributed by atoms with Gasteiger partial charge in [-0.2, -0.15) is 0 Å². The number of aliphatic hydroxyl groups is 3. The molecule has 0 bridgehead atoms. The Morgan fingerprint density at radius 3 is 2.74 bits per heavy atom. The van der Waals surface area contributed by atoms with Gasteiger partial charge in [-0.05, 0) is 48.8 Å². The quantitative estimate of drug-likeness (QED) is 0.651. The molecule has 2 heterocycles. The second-order valence-corrected chi connectivity index (χ2v) is 5.06. The average molecular weight is 315 g/mol. The lowest BCUT2D eigenvalue weighted by atomic mass is 10.0. The zero-order valence-corrected chi connectivity index (χ0v) is 12.8. The lowest BCUT2D eigenvalue weighted by molar-refractivity contribution is 0.213. The Hall–Kier alpha value is -2.21. The molecule has 0 amide bonds. The second-order valence-electron chi connectivity index (χ2n) is 5.06. The summed E-state index contributed by atoms with van der Waals surface area (Å²) in [6.07, 6.45) is 7.16. The third-order valence-corrected chi connectivity index (χ3v) is 3.32. The van der Waals surface area contributed by atoms with Gasteiger partial charge in [-0.1, -0.05) is 18.2 Å². The molecule has 2 aromatic rings. The van der Waals surface area contributed by atoms with Crippen molar-refractivity contribution in [2.45, 2.75) is 25.6 Å². The van der Waals surface area contributed by atoms with Gasteiger partial charge in [-0.15, -0.1) is 0 Å². The maximum atomic E-state index is 9.88. The van der Waals surface area contributed by atoms with Gasteiger partial charge >= 0.3 is 0 Å². The molecule has 2 rings (SSSR count). The van der Waals surface area contributed by atoms with E-state index in [2.05, 4.69) is 4.98 Å². The van der Waals surface area contributed by atoms with Crippen molar-refractivity contribution in [3.8, 4) is 0 Å². The number of allylic oxidation sites excluding steroid dienone is 1. The molecular weight excluding hydrogens is 294 g/mol. The van der Waals surface area contributed by atoms with Gasteiger partial charge in [-0.25, -0.2) is 0 Å². The van der Waals surface area contributed by atoms with E-state index in [-0.39, 0.29) is 13.2 Å². The monoisotopic (exact) mass is 315 g/mol. The molecule has 1 atom stereocenters. The predicted molar refractivity (Wildman–Crippen MR) is 88.2 cm³/mol. The summed E-state index contributed by atoms with van der Waals surface area (Å²) in [5, 5.41) is 27.7. The highest BCUT2D eigenvalue weighted by atomic mass is 16.4. The van der Waals surface area contributed by atoms with Crippen LogP contribution in [-0.4, -0.2) is 33.0 Å². The first-order chi connectivity index (χ1) is 11.2. The van der Waals surface area contributed by atoms with E-state index in [4.69, 9.17) is 14.6 Å². The molecule has 3 N–H and O–H groups in total. The summed E-state index contributed by atoms with van der Waals surface area (Å²) in [6.45, 7) is -0.228. The number of hydrogen-bond donors (Lipinski definition) is 3. The van der Waals surface area contributed by atoms with Crippen molar-refractivity contribution in [3.05, 3.63) is 65.9 Å². The van der Waals surface area contributed by atoms with Crippen molar-refractivity contribution in [3.63, 3.8) is 0 Å². The first-order valence-corrected chi connectivity index (χ1v) is 7.50. The Balaban J connectivity index is 2.17. The van der Waals surface area contributed by atoms with Crippen molar-refractivity contribution in [2.24, 2.45) is 0 Å². The van der Waals surface area contributed by atoms with Crippen LogP contribution in [0.2, 0.25) is 0 Å². The highest BCUT2D eigenvalue weighted by molar-refractivity contribution is 5.78. The highest BCUT2D eigenvalue weighted by Crippen LogP contribution is 2.23. The summed E-state index contributed by atoms with van der Waals surface area (Å²) in [6, 6.07) is 9.16. The minimum atomic E-state index is -0.626. The van der Waals surface area contributed by atoms with Crippen LogP contribution in [-0.2, 0) is 6.61 Å². The normalized spacial score (nSPS) is 13.6. The zero-order valence-electron chi connectivity index (χ0n) is 12.8. The van der Waals surface area contributed by atoms with Crippen LogP contribution in [0.3, 0.4) is 0 Å². The minimum absolute atomic E-state index is 0.0870. The van der Waals surface area contributed by atoms with Crippen molar-refractivity contribution in [1.82, 2.24) is 4.98 Å². The fourth-order valence-corrected chi connectivity index (χ4v) is 2.17. The number of furan rings is 1. The topological polar surface area (TPSA) is 86.7 Å². The van der Waals surface area contributed by atoms with Gasteiger partial charge < -0.3 is 19.7 Å². The fraction of sp³-hybridized carbons (Fsp3) is 0.278. The van der Waals surface area contributed by atoms with Crippen LogP contribution in [0.4, 0.5) is 0 Å². The number of hydrogen-bond acceptors (Lipinski definition) is 5. The molecule has 0 aliphatic carbocycles. The van der Waals surface area contributed by atoms with Gasteiger partial charge in [0.2, 0.25) is 0 Å². The first kappa shape index (κ1) is 17.1. The van der Waals surface area contributed by atoms with Gasteiger partial charge in [0.15, 0.2) is 0 Å². The molecule has 0 saturated heterocycles. The smallest absolute Gasteiger partial charge is 0.130 e. The van der Waals surface area contributed by atoms with Gasteiger partial charge in [0.1, 0.15) is 18.1 Å². The summed E-state index contributed by atoms with van der Waals surface area (Å²) in [7, 11) is 0. The van der Waals surface area contributed by atoms with E-state index >= 15 is 0 Å². The molecule has 0 aliphatic heterocycles. The van der Waals surface area contributed by atoms with Gasteiger partial charge in [-0.3, -0.25) is 4.98 Å². The third-order valence-electron chi connectivity index (χ3n) is 3.32. The van der Waals surface area contributed by atoms with Crippen molar-refractivity contribution >= 4 is 11.6 Å². The summed E-state index contributed by atoms with van der Waals surface area (Å²) in [5.41, 5.74) is 1.74. The lowest BCUT2D eigenvalue weighted by Crippen LogP contribution is -2.03. The maximum Gasteiger partial charge on any atom is 0.130 e. The molecule has 0 radical (unpaired) electrons. The Morgan fingerprint density at radius 2 is 2.09 bits per heavy atom. The number of rotatable bonds is 8. The molecule has 23 heavy (non-hydrogen) atoms. The Morgan fingerprint density at radius 1 is 1.22 bits per heavy atom. The molecule has 5 nitrogen and oxygen atoms in total. The average Bonchev–Trinajstić information content (AvgIpc) is 3.05. The van der Waals surface area contributed by atoms with Crippen LogP contribution in [0.25, 0.3) is 11.6 Å². The summed E-state index contributed by atoms with van der Waals surface area (Å²) in [5.74, 6) is 1.14. The standard InChI is InChI=1S/C18H21NO4/c20-11-3-4-15(22)7-6-14(18-5-1-2-10-19-18)12-16-8-9-17(13-21)23-16/h1-5,8-10,12,15,20-22H,6-7,11,13H2/b4-3-,14-12-/t15-/m0/s1. The van der Waals surface area contributed by atoms with Crippen molar-refractivity contribution in [2.75, 3.05) is 6.61 Å². The lowest BCUT2D eigenvalue weighted by Gasteiger charge is -2.09. The molecule has 0 saturated carbocycles. The van der Waals surface area contributed by atoms with Crippen LogP contribution in [0.15, 0.2) is 53.1 Å².